The quantitative estimate of drug-likeness (QED) is 0.0250. The molecule has 20 nitrogen and oxygen atoms in total. The average molecular weight is 1250 g/mol. The van der Waals surface area contributed by atoms with Gasteiger partial charge in [0.25, 0.3) is 23.6 Å². The molecule has 24 heteroatoms. The topological polar surface area (TPSA) is 226 Å². The first-order valence-electron chi connectivity index (χ1n) is 26.7. The van der Waals surface area contributed by atoms with Crippen LogP contribution in [-0.4, -0.2) is 125 Å². The SMILES string of the molecule is COCCNC(=O)C[n+]1ccccc1-c1c2nc(c(-c3cccc[n+]3CC(=O)NCCOC)c3ccc([nH]3)c(-c3cccc[n+]3CC(=O)NCCOC)c3nc(c(-c4cccc[n+]4CC(=O)NCCOC)c4ccc1[nH]4)C=C3)C=C2.[Cl][Fe]([Cl])[Cl]. The average Bonchev–Trinajstić information content (AvgIpc) is 3.98. The molecule has 0 saturated heterocycles. The second-order valence-electron chi connectivity index (χ2n) is 18.9. The molecule has 0 spiro atoms. The fourth-order valence-electron chi connectivity index (χ4n) is 9.66. The van der Waals surface area contributed by atoms with E-state index in [1.165, 1.54) is 0 Å². The van der Waals surface area contributed by atoms with Crippen LogP contribution in [0, 0.1) is 0 Å². The molecule has 6 N–H and O–H groups in total. The maximum atomic E-state index is 13.6. The first kappa shape index (κ1) is 62.4. The standard InChI is InChI=1S/C60H62N12O8.3ClH.Fe/c1-77-33-25-61-53(73)37-69-29-9-5-13-49(69)57-41-17-19-43(65-41)58(50-14-6-10-30-70(50)38-54(74)62-26-34-78-2)45-21-23-47(67-45)60(52-16-8-12-32-72(52)40-56(76)64-28-36-80-4)48-24-22-46(68-48)59(44-20-18-42(57)66-44)51-15-7-11-31-71(51)39-55(75)63-27-35-79-3;;;;/h5-24,29-32H,25-28,33-40H2,1-4H3,(H2-3,61,62,63,64,65,66,67,68,73,74,75,76);3*1H;/q;;;;+3/p+1. The molecule has 0 fully saturated rings. The minimum absolute atomic E-state index is 0.00358. The molecular weight excluding hydrogens is 1180 g/mol. The van der Waals surface area contributed by atoms with Gasteiger partial charge in [-0.25, -0.2) is 9.97 Å². The third-order valence-electron chi connectivity index (χ3n) is 13.3. The summed E-state index contributed by atoms with van der Waals surface area (Å²) < 4.78 is 28.4. The number of H-pyrrole nitrogens is 2. The van der Waals surface area contributed by atoms with Gasteiger partial charge in [-0.1, -0.05) is 0 Å². The molecule has 2 aliphatic rings. The summed E-state index contributed by atoms with van der Waals surface area (Å²) in [5.74, 6) is -0.812. The molecule has 7 aromatic heterocycles. The van der Waals surface area contributed by atoms with Crippen molar-refractivity contribution in [2.45, 2.75) is 26.2 Å². The summed E-state index contributed by atoms with van der Waals surface area (Å²) in [7, 11) is 21.0. The number of ether oxygens (including phenoxy) is 4. The van der Waals surface area contributed by atoms with E-state index < -0.39 is 11.2 Å². The molecule has 0 aromatic carbocycles. The van der Waals surface area contributed by atoms with Crippen molar-refractivity contribution in [3.05, 3.63) is 145 Å². The molecule has 4 amide bonds. The Labute approximate surface area is 503 Å². The van der Waals surface area contributed by atoms with Crippen LogP contribution in [0.25, 0.3) is 91.4 Å². The van der Waals surface area contributed by atoms with E-state index >= 15 is 0 Å². The first-order valence-corrected chi connectivity index (χ1v) is 31.3. The third-order valence-corrected chi connectivity index (χ3v) is 13.3. The van der Waals surface area contributed by atoms with Gasteiger partial charge in [0.1, 0.15) is 0 Å². The number of hydrogen-bond donors (Lipinski definition) is 6. The van der Waals surface area contributed by atoms with Gasteiger partial charge in [0.2, 0.25) is 49.0 Å². The second kappa shape index (κ2) is 31.3. The zero-order valence-corrected chi connectivity index (χ0v) is 50.2. The Morgan fingerprint density at radius 1 is 0.405 bits per heavy atom. The number of aromatic nitrogens is 8. The molecular formula is C60H66Cl3FeN12O8+4. The molecule has 8 bridgehead atoms. The van der Waals surface area contributed by atoms with Crippen LogP contribution < -0.4 is 39.5 Å². The van der Waals surface area contributed by atoms with Crippen LogP contribution in [0.2, 0.25) is 0 Å². The van der Waals surface area contributed by atoms with Crippen LogP contribution in [0.15, 0.2) is 122 Å². The number of fused-ring (bicyclic) bond motifs is 8. The fraction of sp³-hybridized carbons (Fsp3) is 0.267. The van der Waals surface area contributed by atoms with Gasteiger partial charge >= 0.3 is 41.5 Å². The number of nitrogens with zero attached hydrogens (tertiary/aromatic N) is 6. The predicted octanol–water partition coefficient (Wildman–Crippen LogP) is 5.59. The number of hydrogen-bond acceptors (Lipinski definition) is 10. The monoisotopic (exact) mass is 1240 g/mol. The number of halogens is 3. The molecule has 439 valence electrons. The van der Waals surface area contributed by atoms with Crippen molar-refractivity contribution in [2.24, 2.45) is 0 Å². The molecule has 0 aliphatic carbocycles. The van der Waals surface area contributed by atoms with Crippen molar-refractivity contribution >= 4 is 100 Å². The van der Waals surface area contributed by atoms with Crippen LogP contribution >= 0.6 is 30.3 Å². The summed E-state index contributed by atoms with van der Waals surface area (Å²) in [6.45, 7) is 2.81. The van der Waals surface area contributed by atoms with Gasteiger partial charge in [0.15, 0.2) is 24.8 Å². The molecule has 9 heterocycles. The molecule has 0 atom stereocenters. The Hall–Kier alpha value is -7.69. The van der Waals surface area contributed by atoms with Gasteiger partial charge in [0, 0.05) is 103 Å². The Balaban J connectivity index is 0.00000223. The molecule has 0 radical (unpaired) electrons. The number of aromatic amines is 2. The van der Waals surface area contributed by atoms with Crippen LogP contribution in [0.5, 0.6) is 0 Å². The summed E-state index contributed by atoms with van der Waals surface area (Å²) in [6, 6.07) is 31.0. The Kier molecular flexibility index (Phi) is 23.2. The second-order valence-corrected chi connectivity index (χ2v) is 24.4. The van der Waals surface area contributed by atoms with E-state index in [0.717, 1.165) is 0 Å². The molecule has 2 aliphatic heterocycles. The first-order chi connectivity index (χ1) is 40.9. The number of carbonyl (C=O) groups is 4. The Morgan fingerprint density at radius 2 is 0.631 bits per heavy atom. The Morgan fingerprint density at radius 3 is 0.845 bits per heavy atom. The summed E-state index contributed by atoms with van der Waals surface area (Å²) >= 11 is -1.33. The molecule has 0 unspecified atom stereocenters. The number of nitrogens with one attached hydrogen (secondary N) is 6. The van der Waals surface area contributed by atoms with Gasteiger partial charge in [-0.3, -0.25) is 19.2 Å². The van der Waals surface area contributed by atoms with E-state index in [1.54, 1.807) is 28.4 Å². The van der Waals surface area contributed by atoms with Gasteiger partial charge in [-0.15, -0.1) is 0 Å². The van der Waals surface area contributed by atoms with Gasteiger partial charge in [-0.2, -0.15) is 18.3 Å². The van der Waals surface area contributed by atoms with Crippen LogP contribution in [0.1, 0.15) is 22.8 Å². The van der Waals surface area contributed by atoms with Crippen LogP contribution in [0.3, 0.4) is 0 Å². The number of amides is 4. The van der Waals surface area contributed by atoms with E-state index in [2.05, 4.69) is 31.2 Å². The normalized spacial score (nSPS) is 11.6. The van der Waals surface area contributed by atoms with Crippen molar-refractivity contribution in [1.82, 2.24) is 41.2 Å². The number of pyridine rings is 4. The van der Waals surface area contributed by atoms with E-state index in [-0.39, 0.29) is 49.8 Å². The van der Waals surface area contributed by atoms with Crippen molar-refractivity contribution in [2.75, 3.05) is 81.0 Å². The van der Waals surface area contributed by atoms with E-state index in [0.29, 0.717) is 142 Å². The number of carbonyl (C=O) groups excluding carboxylic acids is 4. The third kappa shape index (κ3) is 16.3. The predicted molar refractivity (Wildman–Crippen MR) is 318 cm³/mol. The minimum atomic E-state index is -1.33. The summed E-state index contributed by atoms with van der Waals surface area (Å²) in [4.78, 5) is 72.9. The van der Waals surface area contributed by atoms with Crippen molar-refractivity contribution in [3.8, 4) is 45.0 Å². The molecule has 7 aromatic rings. The molecule has 84 heavy (non-hydrogen) atoms. The van der Waals surface area contributed by atoms with Gasteiger partial charge in [-0.05, 0) is 72.8 Å². The fourth-order valence-corrected chi connectivity index (χ4v) is 9.66. The van der Waals surface area contributed by atoms with Gasteiger partial charge < -0.3 is 50.2 Å². The van der Waals surface area contributed by atoms with Gasteiger partial charge in [0.05, 0.1) is 93.5 Å². The zero-order valence-electron chi connectivity index (χ0n) is 46.8. The summed E-state index contributed by atoms with van der Waals surface area (Å²) in [5, 5.41) is 11.8. The molecule has 0 saturated carbocycles. The van der Waals surface area contributed by atoms with Crippen LogP contribution in [0.4, 0.5) is 0 Å². The van der Waals surface area contributed by atoms with Crippen LogP contribution in [-0.2, 0) is 75.5 Å². The number of rotatable bonds is 24. The maximum absolute atomic E-state index is 13.6. The molecule has 9 rings (SSSR count). The number of methoxy groups -OCH3 is 4. The summed E-state index contributed by atoms with van der Waals surface area (Å²) in [6.07, 6.45) is 15.3. The van der Waals surface area contributed by atoms with E-state index in [1.807, 2.05) is 164 Å². The van der Waals surface area contributed by atoms with Crippen molar-refractivity contribution in [1.29, 1.82) is 0 Å². The van der Waals surface area contributed by atoms with E-state index in [4.69, 9.17) is 59.2 Å². The van der Waals surface area contributed by atoms with Crippen molar-refractivity contribution in [3.63, 3.8) is 0 Å². The zero-order chi connectivity index (χ0) is 59.4. The Bertz CT molecular complexity index is 3260. The summed E-state index contributed by atoms with van der Waals surface area (Å²) in [5.41, 5.74) is 10.6. The van der Waals surface area contributed by atoms with E-state index in [9.17, 15) is 19.2 Å². The van der Waals surface area contributed by atoms with Crippen molar-refractivity contribution < 1.29 is 67.6 Å².